The highest BCUT2D eigenvalue weighted by atomic mass is 16.6. The first-order valence-corrected chi connectivity index (χ1v) is 10.3. The van der Waals surface area contributed by atoms with Crippen LogP contribution in [0.5, 0.6) is 0 Å². The average Bonchev–Trinajstić information content (AvgIpc) is 2.63. The summed E-state index contributed by atoms with van der Waals surface area (Å²) in [6.07, 6.45) is 2.50. The van der Waals surface area contributed by atoms with Gasteiger partial charge in [0.1, 0.15) is 5.60 Å². The molecule has 9 nitrogen and oxygen atoms in total. The molecule has 30 heavy (non-hydrogen) atoms. The summed E-state index contributed by atoms with van der Waals surface area (Å²) in [6, 6.07) is 5.96. The predicted molar refractivity (Wildman–Crippen MR) is 115 cm³/mol. The Morgan fingerprint density at radius 1 is 0.900 bits per heavy atom. The van der Waals surface area contributed by atoms with E-state index in [0.29, 0.717) is 11.4 Å². The normalized spacial score (nSPS) is 18.7. The molecule has 0 bridgehead atoms. The Morgan fingerprint density at radius 2 is 1.43 bits per heavy atom. The minimum atomic E-state index is -0.576. The number of carbonyl (C=O) groups excluding carboxylic acids is 3. The number of nitrogens with one attached hydrogen (secondary N) is 4. The Balaban J connectivity index is 1.87. The maximum atomic E-state index is 12.4. The van der Waals surface area contributed by atoms with E-state index in [1.807, 2.05) is 20.8 Å². The van der Waals surface area contributed by atoms with Crippen LogP contribution in [0.25, 0.3) is 0 Å². The van der Waals surface area contributed by atoms with Crippen molar-refractivity contribution in [2.75, 3.05) is 17.2 Å². The Labute approximate surface area is 177 Å². The zero-order chi connectivity index (χ0) is 22.1. The lowest BCUT2D eigenvalue weighted by Gasteiger charge is -2.33. The van der Waals surface area contributed by atoms with Crippen LogP contribution in [-0.2, 0) is 9.47 Å². The first-order chi connectivity index (χ1) is 14.2. The van der Waals surface area contributed by atoms with E-state index >= 15 is 0 Å². The van der Waals surface area contributed by atoms with Crippen molar-refractivity contribution in [3.8, 4) is 0 Å². The lowest BCUT2D eigenvalue weighted by atomic mass is 9.90. The number of benzene rings is 1. The molecule has 0 aromatic heterocycles. The van der Waals surface area contributed by atoms with Crippen LogP contribution < -0.4 is 21.3 Å². The molecule has 4 amide bonds. The van der Waals surface area contributed by atoms with Crippen molar-refractivity contribution in [2.24, 2.45) is 0 Å². The molecule has 1 aromatic rings. The topological polar surface area (TPSA) is 118 Å². The van der Waals surface area contributed by atoms with Crippen molar-refractivity contribution in [2.45, 2.75) is 71.1 Å². The van der Waals surface area contributed by atoms with Crippen molar-refractivity contribution in [1.82, 2.24) is 10.6 Å². The summed E-state index contributed by atoms with van der Waals surface area (Å²) in [6.45, 7) is 7.44. The first kappa shape index (κ1) is 23.3. The van der Waals surface area contributed by atoms with Gasteiger partial charge in [-0.25, -0.2) is 14.4 Å². The quantitative estimate of drug-likeness (QED) is 0.569. The third-order valence-corrected chi connectivity index (χ3v) is 4.45. The number of amides is 4. The molecule has 1 aliphatic rings. The van der Waals surface area contributed by atoms with Gasteiger partial charge in [-0.3, -0.25) is 5.32 Å². The fourth-order valence-electron chi connectivity index (χ4n) is 3.19. The Kier molecular flexibility index (Phi) is 8.32. The van der Waals surface area contributed by atoms with E-state index in [0.717, 1.165) is 25.7 Å². The highest BCUT2D eigenvalue weighted by Crippen LogP contribution is 2.20. The van der Waals surface area contributed by atoms with E-state index in [2.05, 4.69) is 21.3 Å². The minimum absolute atomic E-state index is 0.184. The van der Waals surface area contributed by atoms with Crippen LogP contribution in [0.2, 0.25) is 0 Å². The predicted octanol–water partition coefficient (Wildman–Crippen LogP) is 4.21. The Morgan fingerprint density at radius 3 is 1.97 bits per heavy atom. The van der Waals surface area contributed by atoms with Gasteiger partial charge in [0.2, 0.25) is 0 Å². The molecule has 1 aromatic carbocycles. The molecule has 0 heterocycles. The van der Waals surface area contributed by atoms with Gasteiger partial charge >= 0.3 is 18.2 Å². The standard InChI is InChI=1S/C21H32N4O5/c1-5-29-19(27)23-15-12-10-14(11-13-15)22-18(26)24-16-8-6-7-9-17(16)25-20(28)30-21(2,3)4/h10-13,16-17H,5-9H2,1-4H3,(H,23,27)(H,25,28)(H2,22,24,26)/t16-,17-/m1/s1. The van der Waals surface area contributed by atoms with Crippen molar-refractivity contribution in [1.29, 1.82) is 0 Å². The molecule has 1 fully saturated rings. The highest BCUT2D eigenvalue weighted by molar-refractivity contribution is 5.90. The number of hydrogen-bond acceptors (Lipinski definition) is 5. The monoisotopic (exact) mass is 420 g/mol. The molecule has 1 saturated carbocycles. The maximum absolute atomic E-state index is 12.4. The molecular weight excluding hydrogens is 388 g/mol. The van der Waals surface area contributed by atoms with Gasteiger partial charge in [0.15, 0.2) is 0 Å². The molecule has 0 saturated heterocycles. The molecule has 2 atom stereocenters. The fraction of sp³-hybridized carbons (Fsp3) is 0.571. The number of urea groups is 1. The SMILES string of the molecule is CCOC(=O)Nc1ccc(NC(=O)N[C@@H]2CCCC[C@H]2NC(=O)OC(C)(C)C)cc1. The molecule has 166 valence electrons. The molecule has 9 heteroatoms. The van der Waals surface area contributed by atoms with E-state index in [9.17, 15) is 14.4 Å². The summed E-state index contributed by atoms with van der Waals surface area (Å²) in [5.41, 5.74) is 0.565. The summed E-state index contributed by atoms with van der Waals surface area (Å²) >= 11 is 0. The summed E-state index contributed by atoms with van der Waals surface area (Å²) in [7, 11) is 0. The second-order valence-corrected chi connectivity index (χ2v) is 8.16. The molecule has 0 unspecified atom stereocenters. The average molecular weight is 421 g/mol. The molecule has 1 aliphatic carbocycles. The lowest BCUT2D eigenvalue weighted by Crippen LogP contribution is -2.54. The fourth-order valence-corrected chi connectivity index (χ4v) is 3.19. The van der Waals surface area contributed by atoms with Crippen LogP contribution in [0.15, 0.2) is 24.3 Å². The van der Waals surface area contributed by atoms with Gasteiger partial charge in [-0.1, -0.05) is 12.8 Å². The molecular formula is C21H32N4O5. The molecule has 0 radical (unpaired) electrons. The number of rotatable bonds is 5. The van der Waals surface area contributed by atoms with Crippen LogP contribution in [-0.4, -0.2) is 42.5 Å². The van der Waals surface area contributed by atoms with Crippen molar-refractivity contribution in [3.05, 3.63) is 24.3 Å². The van der Waals surface area contributed by atoms with Gasteiger partial charge in [-0.05, 0) is 64.8 Å². The Hall–Kier alpha value is -2.97. The zero-order valence-corrected chi connectivity index (χ0v) is 18.0. The minimum Gasteiger partial charge on any atom is -0.450 e. The number of hydrogen-bond donors (Lipinski definition) is 4. The maximum Gasteiger partial charge on any atom is 0.411 e. The summed E-state index contributed by atoms with van der Waals surface area (Å²) < 4.78 is 10.1. The highest BCUT2D eigenvalue weighted by Gasteiger charge is 2.29. The second-order valence-electron chi connectivity index (χ2n) is 8.16. The number of ether oxygens (including phenoxy) is 2. The summed E-state index contributed by atoms with van der Waals surface area (Å²) in [4.78, 5) is 36.0. The van der Waals surface area contributed by atoms with Crippen LogP contribution in [0, 0.1) is 0 Å². The second kappa shape index (κ2) is 10.7. The van der Waals surface area contributed by atoms with Crippen molar-refractivity contribution in [3.63, 3.8) is 0 Å². The Bertz CT molecular complexity index is 730. The molecule has 4 N–H and O–H groups in total. The number of alkyl carbamates (subject to hydrolysis) is 1. The van der Waals surface area contributed by atoms with E-state index in [1.165, 1.54) is 0 Å². The van der Waals surface area contributed by atoms with Gasteiger partial charge < -0.3 is 25.4 Å². The third kappa shape index (κ3) is 8.18. The largest absolute Gasteiger partial charge is 0.450 e. The molecule has 2 rings (SSSR count). The van der Waals surface area contributed by atoms with Gasteiger partial charge in [-0.15, -0.1) is 0 Å². The first-order valence-electron chi connectivity index (χ1n) is 10.3. The zero-order valence-electron chi connectivity index (χ0n) is 18.0. The van der Waals surface area contributed by atoms with Gasteiger partial charge in [0.25, 0.3) is 0 Å². The van der Waals surface area contributed by atoms with Crippen LogP contribution in [0.3, 0.4) is 0 Å². The van der Waals surface area contributed by atoms with Gasteiger partial charge in [0, 0.05) is 11.4 Å². The van der Waals surface area contributed by atoms with E-state index < -0.39 is 17.8 Å². The van der Waals surface area contributed by atoms with Gasteiger partial charge in [0.05, 0.1) is 18.7 Å². The van der Waals surface area contributed by atoms with E-state index in [4.69, 9.17) is 9.47 Å². The lowest BCUT2D eigenvalue weighted by molar-refractivity contribution is 0.0481. The van der Waals surface area contributed by atoms with Crippen LogP contribution in [0.4, 0.5) is 25.8 Å². The van der Waals surface area contributed by atoms with Gasteiger partial charge in [-0.2, -0.15) is 0 Å². The van der Waals surface area contributed by atoms with E-state index in [1.54, 1.807) is 31.2 Å². The smallest absolute Gasteiger partial charge is 0.411 e. The number of anilines is 2. The van der Waals surface area contributed by atoms with E-state index in [-0.39, 0.29) is 24.7 Å². The summed E-state index contributed by atoms with van der Waals surface area (Å²) in [5.74, 6) is 0. The third-order valence-electron chi connectivity index (χ3n) is 4.45. The van der Waals surface area contributed by atoms with Crippen LogP contribution in [0.1, 0.15) is 53.4 Å². The number of carbonyl (C=O) groups is 3. The van der Waals surface area contributed by atoms with Crippen LogP contribution >= 0.6 is 0 Å². The summed E-state index contributed by atoms with van der Waals surface area (Å²) in [5, 5.41) is 11.2. The molecule has 0 aliphatic heterocycles. The van der Waals surface area contributed by atoms with Crippen molar-refractivity contribution < 1.29 is 23.9 Å². The van der Waals surface area contributed by atoms with Crippen molar-refractivity contribution >= 4 is 29.6 Å². The molecule has 0 spiro atoms.